The molecule has 7 rings (SSSR count). The Hall–Kier alpha value is -6.82. The zero-order valence-electron chi connectivity index (χ0n) is 30.0. The first-order valence-corrected chi connectivity index (χ1v) is 17.5. The largest absolute Gasteiger partial charge is 0.497 e. The van der Waals surface area contributed by atoms with Gasteiger partial charge in [-0.15, -0.1) is 0 Å². The second-order valence-electron chi connectivity index (χ2n) is 12.5. The van der Waals surface area contributed by atoms with Crippen LogP contribution in [0.15, 0.2) is 128 Å². The number of nitrogens with one attached hydrogen (secondary N) is 1. The molecule has 1 atom stereocenters. The summed E-state index contributed by atoms with van der Waals surface area (Å²) < 4.78 is 11.1. The van der Waals surface area contributed by atoms with Gasteiger partial charge in [0.2, 0.25) is 0 Å². The molecule has 2 aromatic heterocycles. The summed E-state index contributed by atoms with van der Waals surface area (Å²) in [6.07, 6.45) is 2.90. The molecule has 1 saturated heterocycles. The molecule has 276 valence electrons. The molecule has 55 heavy (non-hydrogen) atoms. The van der Waals surface area contributed by atoms with Gasteiger partial charge in [0.1, 0.15) is 23.9 Å². The van der Waals surface area contributed by atoms with Crippen LogP contribution in [0.4, 0.5) is 16.3 Å². The number of ether oxygens (including phenoxy) is 2. The van der Waals surface area contributed by atoms with E-state index in [1.165, 1.54) is 0 Å². The molecule has 1 fully saturated rings. The van der Waals surface area contributed by atoms with Gasteiger partial charge in [-0.05, 0) is 34.6 Å². The van der Waals surface area contributed by atoms with E-state index in [0.29, 0.717) is 53.7 Å². The normalized spacial score (nSPS) is 13.5. The summed E-state index contributed by atoms with van der Waals surface area (Å²) in [5, 5.41) is 31.5. The maximum atomic E-state index is 13.8. The Morgan fingerprint density at radius 1 is 0.909 bits per heavy atom. The molecule has 4 aromatic carbocycles. The highest BCUT2D eigenvalue weighted by Crippen LogP contribution is 2.30. The van der Waals surface area contributed by atoms with Crippen molar-refractivity contribution >= 4 is 46.9 Å². The molecule has 1 aliphatic heterocycles. The van der Waals surface area contributed by atoms with Gasteiger partial charge in [0.25, 0.3) is 5.91 Å². The Kier molecular flexibility index (Phi) is 12.6. The fraction of sp³-hybridized carbons (Fsp3) is 0.171. The number of anilines is 2. The van der Waals surface area contributed by atoms with E-state index in [9.17, 15) is 14.9 Å². The number of rotatable bonds is 9. The number of pyridine rings is 1. The highest BCUT2D eigenvalue weighted by molar-refractivity contribution is 6.58. The summed E-state index contributed by atoms with van der Waals surface area (Å²) in [6.45, 7) is 1.19. The number of amides is 2. The fourth-order valence-electron chi connectivity index (χ4n) is 6.04. The van der Waals surface area contributed by atoms with Crippen molar-refractivity contribution in [3.63, 3.8) is 0 Å². The summed E-state index contributed by atoms with van der Waals surface area (Å²) in [4.78, 5) is 43.9. The maximum absolute atomic E-state index is 13.8. The van der Waals surface area contributed by atoms with Gasteiger partial charge in [-0.1, -0.05) is 84.9 Å². The zero-order valence-corrected chi connectivity index (χ0v) is 30.0. The van der Waals surface area contributed by atoms with E-state index in [1.807, 2.05) is 71.6 Å². The van der Waals surface area contributed by atoms with Crippen LogP contribution in [-0.4, -0.2) is 81.8 Å². The molecular weight excluding hydrogens is 697 g/mol. The van der Waals surface area contributed by atoms with Crippen LogP contribution < -0.4 is 20.4 Å². The number of hydrogen-bond donors (Lipinski definition) is 3. The number of carbonyl (C=O) groups is 2. The average Bonchev–Trinajstić information content (AvgIpc) is 3.24. The molecule has 3 N–H and O–H groups in total. The van der Waals surface area contributed by atoms with E-state index in [0.717, 1.165) is 16.3 Å². The van der Waals surface area contributed by atoms with E-state index in [2.05, 4.69) is 21.4 Å². The van der Waals surface area contributed by atoms with Gasteiger partial charge in [-0.2, -0.15) is 5.26 Å². The first-order valence-electron chi connectivity index (χ1n) is 17.5. The number of carbonyl (C=O) groups excluding carboxylic acids is 2. The van der Waals surface area contributed by atoms with Crippen molar-refractivity contribution < 1.29 is 29.1 Å². The molecule has 3 heterocycles. The minimum Gasteiger partial charge on any atom is -0.497 e. The molecule has 0 aliphatic carbocycles. The maximum Gasteiger partial charge on any atom is 0.488 e. The van der Waals surface area contributed by atoms with Crippen molar-refractivity contribution in [1.82, 2.24) is 19.9 Å². The lowest BCUT2D eigenvalue weighted by atomic mass is 9.81. The molecule has 13 nitrogen and oxygen atoms in total. The minimum absolute atomic E-state index is 0.107. The third-order valence-electron chi connectivity index (χ3n) is 8.87. The van der Waals surface area contributed by atoms with Gasteiger partial charge in [0.05, 0.1) is 31.3 Å². The number of fused-ring (bicyclic) bond motifs is 1. The van der Waals surface area contributed by atoms with E-state index in [-0.39, 0.29) is 18.7 Å². The second-order valence-corrected chi connectivity index (χ2v) is 12.5. The third kappa shape index (κ3) is 9.79. The van der Waals surface area contributed by atoms with Gasteiger partial charge in [0.15, 0.2) is 5.82 Å². The van der Waals surface area contributed by atoms with E-state index in [1.54, 1.807) is 72.9 Å². The molecule has 2 amide bonds. The first-order chi connectivity index (χ1) is 26.8. The molecule has 1 aliphatic rings. The Morgan fingerprint density at radius 2 is 1.62 bits per heavy atom. The molecule has 6 aromatic rings. The minimum atomic E-state index is -1.34. The molecule has 0 bridgehead atoms. The Balaban J connectivity index is 0.000000502. The number of aromatic nitrogens is 3. The van der Waals surface area contributed by atoms with Crippen molar-refractivity contribution in [2.75, 3.05) is 37.0 Å². The molecule has 0 spiro atoms. The fourth-order valence-corrected chi connectivity index (χ4v) is 6.04. The van der Waals surface area contributed by atoms with E-state index in [4.69, 9.17) is 24.5 Å². The van der Waals surface area contributed by atoms with Crippen molar-refractivity contribution in [3.05, 3.63) is 139 Å². The Bertz CT molecular complexity index is 2260. The van der Waals surface area contributed by atoms with Gasteiger partial charge in [0, 0.05) is 55.1 Å². The predicted molar refractivity (Wildman–Crippen MR) is 210 cm³/mol. The van der Waals surface area contributed by atoms with Crippen LogP contribution in [0.5, 0.6) is 5.75 Å². The SMILES string of the molecule is COc1cc(NC(=O)c2cc(N3CCN(C(=O)OCc4ccccc4)[C@@H](CC#N)C3)nc(-c3ccncc3)n2)c2ccccc2c1.OB(O)c1ccccc1. The molecule has 0 unspecified atom stereocenters. The van der Waals surface area contributed by atoms with E-state index < -0.39 is 25.2 Å². The highest BCUT2D eigenvalue weighted by atomic mass is 16.6. The van der Waals surface area contributed by atoms with Crippen LogP contribution in [0.25, 0.3) is 22.2 Å². The van der Waals surface area contributed by atoms with Crippen molar-refractivity contribution in [1.29, 1.82) is 5.26 Å². The number of methoxy groups -OCH3 is 1. The van der Waals surface area contributed by atoms with Crippen molar-refractivity contribution in [2.24, 2.45) is 0 Å². The summed E-state index contributed by atoms with van der Waals surface area (Å²) in [6, 6.07) is 36.4. The predicted octanol–water partition coefficient (Wildman–Crippen LogP) is 5.06. The van der Waals surface area contributed by atoms with Crippen molar-refractivity contribution in [3.8, 4) is 23.2 Å². The van der Waals surface area contributed by atoms with Gasteiger partial charge in [-0.25, -0.2) is 14.8 Å². The second kappa shape index (κ2) is 18.3. The van der Waals surface area contributed by atoms with Crippen LogP contribution in [0.2, 0.25) is 0 Å². The lowest BCUT2D eigenvalue weighted by Crippen LogP contribution is -2.55. The Labute approximate surface area is 318 Å². The van der Waals surface area contributed by atoms with Crippen LogP contribution in [-0.2, 0) is 11.3 Å². The number of benzene rings is 4. The first kappa shape index (κ1) is 37.9. The topological polar surface area (TPSA) is 174 Å². The zero-order chi connectivity index (χ0) is 38.6. The summed E-state index contributed by atoms with van der Waals surface area (Å²) >= 11 is 0. The summed E-state index contributed by atoms with van der Waals surface area (Å²) in [5.41, 5.74) is 2.84. The van der Waals surface area contributed by atoms with Gasteiger partial charge < -0.3 is 34.6 Å². The number of nitriles is 1. The summed E-state index contributed by atoms with van der Waals surface area (Å²) in [7, 11) is 0.238. The number of nitrogens with zero attached hydrogens (tertiary/aromatic N) is 6. The lowest BCUT2D eigenvalue weighted by molar-refractivity contribution is 0.0768. The van der Waals surface area contributed by atoms with Gasteiger partial charge in [-0.3, -0.25) is 9.78 Å². The van der Waals surface area contributed by atoms with Crippen LogP contribution in [0.1, 0.15) is 22.5 Å². The quantitative estimate of drug-likeness (QED) is 0.169. The lowest BCUT2D eigenvalue weighted by Gasteiger charge is -2.40. The standard InChI is InChI=1S/C35H31N7O4.C6H7BO2/c1-45-28-19-26-9-5-6-10-29(26)30(20-28)39-34(43)31-21-32(40-33(38-31)25-12-15-37-16-13-25)41-17-18-42(27(22-41)11-14-36)35(44)46-23-24-7-3-2-4-8-24;8-7(9)6-4-2-1-3-5-6/h2-10,12-13,15-16,19-21,27H,11,17-18,22-23H2,1H3,(H,39,43);1-5,8-9H/t27-;/m0./s1. The highest BCUT2D eigenvalue weighted by Gasteiger charge is 2.33. The van der Waals surface area contributed by atoms with Crippen LogP contribution in [0.3, 0.4) is 0 Å². The Morgan fingerprint density at radius 3 is 2.31 bits per heavy atom. The van der Waals surface area contributed by atoms with Crippen LogP contribution >= 0.6 is 0 Å². The monoisotopic (exact) mass is 735 g/mol. The molecule has 0 radical (unpaired) electrons. The third-order valence-corrected chi connectivity index (χ3v) is 8.87. The smallest absolute Gasteiger partial charge is 0.488 e. The van der Waals surface area contributed by atoms with Crippen molar-refractivity contribution in [2.45, 2.75) is 19.1 Å². The molecule has 14 heteroatoms. The summed E-state index contributed by atoms with van der Waals surface area (Å²) in [5.74, 6) is 1.04. The van der Waals surface area contributed by atoms with Gasteiger partial charge >= 0.3 is 13.2 Å². The number of piperazine rings is 1. The van der Waals surface area contributed by atoms with E-state index >= 15 is 0 Å². The number of hydrogen-bond acceptors (Lipinski definition) is 11. The molecule has 0 saturated carbocycles. The van der Waals surface area contributed by atoms with Crippen LogP contribution in [0, 0.1) is 11.3 Å². The molecular formula is C41H38BN7O6. The average molecular weight is 736 g/mol.